The van der Waals surface area contributed by atoms with E-state index >= 15 is 0 Å². The van der Waals surface area contributed by atoms with E-state index in [9.17, 15) is 9.59 Å². The lowest BCUT2D eigenvalue weighted by Crippen LogP contribution is -2.34. The second-order valence-electron chi connectivity index (χ2n) is 6.44. The van der Waals surface area contributed by atoms with Crippen LogP contribution in [0.5, 0.6) is 0 Å². The number of halogens is 1. The van der Waals surface area contributed by atoms with Gasteiger partial charge in [-0.15, -0.1) is 12.4 Å². The standard InChI is InChI=1S/C20H23N3O2.ClH/c21-17-9-7-15(8-10-17)13-19(24)22-18-5-3-4-16(12-18)14-23-11-2-1-6-20(23)25;/h3-5,7-10,12H,1-2,6,11,13-14,21H2,(H,22,24);1H. The van der Waals surface area contributed by atoms with E-state index in [2.05, 4.69) is 5.32 Å². The molecule has 1 saturated heterocycles. The summed E-state index contributed by atoms with van der Waals surface area (Å²) in [6.07, 6.45) is 2.98. The second kappa shape index (κ2) is 9.25. The monoisotopic (exact) mass is 373 g/mol. The zero-order valence-corrected chi connectivity index (χ0v) is 15.4. The van der Waals surface area contributed by atoms with Gasteiger partial charge in [0.25, 0.3) is 0 Å². The average Bonchev–Trinajstić information content (AvgIpc) is 2.59. The number of carbonyl (C=O) groups is 2. The molecule has 0 aromatic heterocycles. The van der Waals surface area contributed by atoms with Crippen molar-refractivity contribution in [1.29, 1.82) is 0 Å². The van der Waals surface area contributed by atoms with Crippen LogP contribution in [0.2, 0.25) is 0 Å². The molecule has 6 heteroatoms. The van der Waals surface area contributed by atoms with Gasteiger partial charge in [-0.25, -0.2) is 0 Å². The number of nitrogens with one attached hydrogen (secondary N) is 1. The number of hydrogen-bond acceptors (Lipinski definition) is 3. The molecule has 0 radical (unpaired) electrons. The first-order valence-corrected chi connectivity index (χ1v) is 8.61. The molecule has 5 nitrogen and oxygen atoms in total. The molecule has 0 bridgehead atoms. The molecule has 138 valence electrons. The van der Waals surface area contributed by atoms with Gasteiger partial charge in [-0.05, 0) is 48.2 Å². The van der Waals surface area contributed by atoms with E-state index in [1.54, 1.807) is 12.1 Å². The van der Waals surface area contributed by atoms with Crippen LogP contribution in [0, 0.1) is 0 Å². The Labute approximate surface area is 160 Å². The number of benzene rings is 2. The maximum atomic E-state index is 12.2. The molecule has 2 aromatic carbocycles. The Morgan fingerprint density at radius 2 is 1.85 bits per heavy atom. The third kappa shape index (κ3) is 5.49. The molecular weight excluding hydrogens is 350 g/mol. The van der Waals surface area contributed by atoms with Gasteiger partial charge in [0.05, 0.1) is 6.42 Å². The van der Waals surface area contributed by atoms with Crippen LogP contribution < -0.4 is 11.1 Å². The molecule has 0 spiro atoms. The number of piperidine rings is 1. The van der Waals surface area contributed by atoms with Crippen LogP contribution in [-0.4, -0.2) is 23.3 Å². The highest BCUT2D eigenvalue weighted by atomic mass is 35.5. The van der Waals surface area contributed by atoms with Crippen molar-refractivity contribution < 1.29 is 9.59 Å². The van der Waals surface area contributed by atoms with Gasteiger partial charge in [-0.1, -0.05) is 24.3 Å². The van der Waals surface area contributed by atoms with Crippen molar-refractivity contribution in [2.45, 2.75) is 32.2 Å². The van der Waals surface area contributed by atoms with Gasteiger partial charge < -0.3 is 16.0 Å². The summed E-state index contributed by atoms with van der Waals surface area (Å²) in [6, 6.07) is 15.0. The van der Waals surface area contributed by atoms with E-state index in [1.165, 1.54) is 0 Å². The highest BCUT2D eigenvalue weighted by Crippen LogP contribution is 2.17. The van der Waals surface area contributed by atoms with Gasteiger partial charge in [-0.3, -0.25) is 9.59 Å². The highest BCUT2D eigenvalue weighted by molar-refractivity contribution is 5.92. The van der Waals surface area contributed by atoms with Gasteiger partial charge in [0.1, 0.15) is 0 Å². The minimum atomic E-state index is -0.0732. The van der Waals surface area contributed by atoms with Crippen molar-refractivity contribution in [3.05, 3.63) is 59.7 Å². The molecule has 0 aliphatic carbocycles. The van der Waals surface area contributed by atoms with Crippen LogP contribution in [0.3, 0.4) is 0 Å². The van der Waals surface area contributed by atoms with Crippen molar-refractivity contribution in [3.63, 3.8) is 0 Å². The molecule has 2 amide bonds. The summed E-state index contributed by atoms with van der Waals surface area (Å²) >= 11 is 0. The first-order chi connectivity index (χ1) is 12.1. The van der Waals surface area contributed by atoms with Crippen molar-refractivity contribution in [2.75, 3.05) is 17.6 Å². The summed E-state index contributed by atoms with van der Waals surface area (Å²) < 4.78 is 0. The van der Waals surface area contributed by atoms with Gasteiger partial charge in [0, 0.05) is 30.9 Å². The van der Waals surface area contributed by atoms with Crippen LogP contribution in [0.4, 0.5) is 11.4 Å². The summed E-state index contributed by atoms with van der Waals surface area (Å²) in [4.78, 5) is 26.0. The lowest BCUT2D eigenvalue weighted by atomic mass is 10.1. The number of hydrogen-bond donors (Lipinski definition) is 2. The van der Waals surface area contributed by atoms with Gasteiger partial charge in [0.15, 0.2) is 0 Å². The Morgan fingerprint density at radius 3 is 2.58 bits per heavy atom. The third-order valence-corrected chi connectivity index (χ3v) is 4.35. The molecule has 3 rings (SSSR count). The Kier molecular flexibility index (Phi) is 7.04. The maximum Gasteiger partial charge on any atom is 0.228 e. The lowest BCUT2D eigenvalue weighted by Gasteiger charge is -2.26. The van der Waals surface area contributed by atoms with Gasteiger partial charge in [-0.2, -0.15) is 0 Å². The van der Waals surface area contributed by atoms with Crippen molar-refractivity contribution in [1.82, 2.24) is 4.90 Å². The molecular formula is C20H24ClN3O2. The van der Waals surface area contributed by atoms with E-state index in [-0.39, 0.29) is 24.2 Å². The number of likely N-dealkylation sites (tertiary alicyclic amines) is 1. The molecule has 1 aliphatic heterocycles. The number of rotatable bonds is 5. The van der Waals surface area contributed by atoms with Gasteiger partial charge in [0.2, 0.25) is 11.8 Å². The summed E-state index contributed by atoms with van der Waals surface area (Å²) in [6.45, 7) is 1.41. The Morgan fingerprint density at radius 1 is 1.08 bits per heavy atom. The molecule has 1 aliphatic rings. The fraction of sp³-hybridized carbons (Fsp3) is 0.300. The van der Waals surface area contributed by atoms with Crippen LogP contribution in [-0.2, 0) is 22.6 Å². The fourth-order valence-corrected chi connectivity index (χ4v) is 3.02. The molecule has 0 saturated carbocycles. The van der Waals surface area contributed by atoms with Crippen molar-refractivity contribution in [2.24, 2.45) is 0 Å². The molecule has 2 aromatic rings. The SMILES string of the molecule is Cl.Nc1ccc(CC(=O)Nc2cccc(CN3CCCCC3=O)c2)cc1. The number of nitrogens with two attached hydrogens (primary N) is 1. The molecule has 1 fully saturated rings. The van der Waals surface area contributed by atoms with E-state index in [0.29, 0.717) is 25.1 Å². The first kappa shape index (κ1) is 19.8. The quantitative estimate of drug-likeness (QED) is 0.789. The predicted molar refractivity (Wildman–Crippen MR) is 106 cm³/mol. The topological polar surface area (TPSA) is 75.4 Å². The largest absolute Gasteiger partial charge is 0.399 e. The van der Waals surface area contributed by atoms with Crippen molar-refractivity contribution >= 4 is 35.6 Å². The number of carbonyl (C=O) groups excluding carboxylic acids is 2. The molecule has 0 atom stereocenters. The number of amides is 2. The summed E-state index contributed by atoms with van der Waals surface area (Å²) in [5.41, 5.74) is 9.04. The minimum absolute atomic E-state index is 0. The zero-order valence-electron chi connectivity index (χ0n) is 14.6. The van der Waals surface area contributed by atoms with Crippen LogP contribution in [0.25, 0.3) is 0 Å². The molecule has 1 heterocycles. The van der Waals surface area contributed by atoms with Gasteiger partial charge >= 0.3 is 0 Å². The Hall–Kier alpha value is -2.53. The normalized spacial score (nSPS) is 13.8. The van der Waals surface area contributed by atoms with Crippen LogP contribution in [0.1, 0.15) is 30.4 Å². The predicted octanol–water partition coefficient (Wildman–Crippen LogP) is 3.38. The van der Waals surface area contributed by atoms with E-state index in [1.807, 2.05) is 41.3 Å². The number of nitrogens with zero attached hydrogens (tertiary/aromatic N) is 1. The fourth-order valence-electron chi connectivity index (χ4n) is 3.02. The molecule has 26 heavy (non-hydrogen) atoms. The van der Waals surface area contributed by atoms with Crippen molar-refractivity contribution in [3.8, 4) is 0 Å². The van der Waals surface area contributed by atoms with E-state index in [0.717, 1.165) is 36.2 Å². The smallest absolute Gasteiger partial charge is 0.228 e. The molecule has 3 N–H and O–H groups in total. The summed E-state index contributed by atoms with van der Waals surface area (Å²) in [7, 11) is 0. The summed E-state index contributed by atoms with van der Waals surface area (Å²) in [5.74, 6) is 0.139. The van der Waals surface area contributed by atoms with Crippen LogP contribution >= 0.6 is 12.4 Å². The average molecular weight is 374 g/mol. The third-order valence-electron chi connectivity index (χ3n) is 4.35. The second-order valence-corrected chi connectivity index (χ2v) is 6.44. The first-order valence-electron chi connectivity index (χ1n) is 8.61. The zero-order chi connectivity index (χ0) is 17.6. The number of anilines is 2. The maximum absolute atomic E-state index is 12.2. The number of nitrogen functional groups attached to an aromatic ring is 1. The molecule has 0 unspecified atom stereocenters. The lowest BCUT2D eigenvalue weighted by molar-refractivity contribution is -0.133. The summed E-state index contributed by atoms with van der Waals surface area (Å²) in [5, 5.41) is 2.92. The van der Waals surface area contributed by atoms with E-state index < -0.39 is 0 Å². The van der Waals surface area contributed by atoms with Crippen LogP contribution in [0.15, 0.2) is 48.5 Å². The Balaban J connectivity index is 0.00000243. The Bertz CT molecular complexity index is 762. The highest BCUT2D eigenvalue weighted by Gasteiger charge is 2.18. The van der Waals surface area contributed by atoms with E-state index in [4.69, 9.17) is 5.73 Å². The minimum Gasteiger partial charge on any atom is -0.399 e.